The highest BCUT2D eigenvalue weighted by Crippen LogP contribution is 2.16. The average molecular weight is 547 g/mol. The molecule has 4 aromatic rings. The molecule has 0 aliphatic carbocycles. The van der Waals surface area contributed by atoms with E-state index in [0.29, 0.717) is 29.7 Å². The molecule has 0 saturated heterocycles. The molecular weight excluding hydrogens is 513 g/mol. The van der Waals surface area contributed by atoms with E-state index >= 15 is 0 Å². The summed E-state index contributed by atoms with van der Waals surface area (Å²) in [6.45, 7) is 2.74. The Kier molecular flexibility index (Phi) is 10.1. The first-order chi connectivity index (χ1) is 19.3. The molecule has 3 N–H and O–H groups in total. The summed E-state index contributed by atoms with van der Waals surface area (Å²) in [5.41, 5.74) is 4.17. The van der Waals surface area contributed by atoms with Crippen molar-refractivity contribution < 1.29 is 23.1 Å². The summed E-state index contributed by atoms with van der Waals surface area (Å²) < 4.78 is 41.9. The minimum atomic E-state index is -1.05. The third-order valence-corrected chi connectivity index (χ3v) is 6.78. The van der Waals surface area contributed by atoms with Crippen molar-refractivity contribution in [2.24, 2.45) is 0 Å². The monoisotopic (exact) mass is 546 g/mol. The maximum atomic E-state index is 14.1. The number of hydrogen-bond acceptors (Lipinski definition) is 3. The van der Waals surface area contributed by atoms with Crippen molar-refractivity contribution in [3.8, 4) is 0 Å². The van der Waals surface area contributed by atoms with Gasteiger partial charge >= 0.3 is 0 Å². The standard InChI is InChI=1S/C33H33F3N2O2/c1-2-22-7-5-9-24(13-22)20-37-21-32(39)31(18-25-16-28(34)19-29(35)17-25)38-33(40)27-11-6-8-23(15-27)14-26-10-3-4-12-30(26)36/h3-13,15-17,19,31-32,37,39H,2,14,18,20-21H2,1H3,(H,38,40)/t31-,32+/m0/s1. The van der Waals surface area contributed by atoms with Crippen molar-refractivity contribution in [1.29, 1.82) is 0 Å². The van der Waals surface area contributed by atoms with Crippen LogP contribution in [0.25, 0.3) is 0 Å². The number of aryl methyl sites for hydroxylation is 1. The molecule has 4 aromatic carbocycles. The van der Waals surface area contributed by atoms with Crippen LogP contribution in [0.2, 0.25) is 0 Å². The zero-order valence-corrected chi connectivity index (χ0v) is 22.3. The minimum absolute atomic E-state index is 0.0174. The van der Waals surface area contributed by atoms with Crippen LogP contribution >= 0.6 is 0 Å². The molecule has 0 saturated carbocycles. The van der Waals surface area contributed by atoms with E-state index in [9.17, 15) is 23.1 Å². The second-order valence-corrected chi connectivity index (χ2v) is 9.90. The smallest absolute Gasteiger partial charge is 0.251 e. The number of hydrogen-bond donors (Lipinski definition) is 3. The summed E-state index contributed by atoms with van der Waals surface area (Å²) in [5, 5.41) is 17.1. The van der Waals surface area contributed by atoms with Crippen LogP contribution in [0.3, 0.4) is 0 Å². The summed E-state index contributed by atoms with van der Waals surface area (Å²) in [4.78, 5) is 13.3. The summed E-state index contributed by atoms with van der Waals surface area (Å²) in [5.74, 6) is -2.24. The lowest BCUT2D eigenvalue weighted by atomic mass is 9.99. The molecule has 4 rings (SSSR count). The van der Waals surface area contributed by atoms with Gasteiger partial charge in [-0.15, -0.1) is 0 Å². The van der Waals surface area contributed by atoms with Crippen molar-refractivity contribution >= 4 is 5.91 Å². The van der Waals surface area contributed by atoms with Gasteiger partial charge in [0.1, 0.15) is 17.5 Å². The molecule has 0 spiro atoms. The van der Waals surface area contributed by atoms with Gasteiger partial charge in [0, 0.05) is 31.1 Å². The van der Waals surface area contributed by atoms with E-state index in [1.165, 1.54) is 23.8 Å². The number of amides is 1. The SMILES string of the molecule is CCc1cccc(CNC[C@@H](O)[C@H](Cc2cc(F)cc(F)c2)NC(=O)c2cccc(Cc3ccccc3F)c2)c1. The Labute approximate surface area is 232 Å². The van der Waals surface area contributed by atoms with E-state index < -0.39 is 29.7 Å². The molecule has 1 amide bonds. The summed E-state index contributed by atoms with van der Waals surface area (Å²) in [6.07, 6.45) is 0.192. The number of benzene rings is 4. The number of nitrogens with one attached hydrogen (secondary N) is 2. The third kappa shape index (κ3) is 8.28. The zero-order chi connectivity index (χ0) is 28.5. The van der Waals surface area contributed by atoms with Crippen LogP contribution in [0.1, 0.15) is 45.1 Å². The Morgan fingerprint density at radius 2 is 1.50 bits per heavy atom. The molecule has 208 valence electrons. The van der Waals surface area contributed by atoms with E-state index in [4.69, 9.17) is 0 Å². The molecule has 2 atom stereocenters. The highest BCUT2D eigenvalue weighted by molar-refractivity contribution is 5.94. The Morgan fingerprint density at radius 3 is 2.25 bits per heavy atom. The molecule has 4 nitrogen and oxygen atoms in total. The number of aliphatic hydroxyl groups is 1. The van der Waals surface area contributed by atoms with Gasteiger partial charge in [-0.05, 0) is 71.0 Å². The van der Waals surface area contributed by atoms with E-state index in [1.54, 1.807) is 36.4 Å². The van der Waals surface area contributed by atoms with Gasteiger partial charge in [-0.1, -0.05) is 61.5 Å². The number of carbonyl (C=O) groups is 1. The van der Waals surface area contributed by atoms with Crippen LogP contribution in [-0.4, -0.2) is 29.7 Å². The highest BCUT2D eigenvalue weighted by atomic mass is 19.1. The van der Waals surface area contributed by atoms with E-state index in [0.717, 1.165) is 23.6 Å². The zero-order valence-electron chi connectivity index (χ0n) is 22.3. The topological polar surface area (TPSA) is 61.4 Å². The van der Waals surface area contributed by atoms with Crippen molar-refractivity contribution in [3.05, 3.63) is 142 Å². The van der Waals surface area contributed by atoms with Crippen LogP contribution < -0.4 is 10.6 Å². The predicted octanol–water partition coefficient (Wildman–Crippen LogP) is 5.75. The Balaban J connectivity index is 1.47. The first kappa shape index (κ1) is 29.1. The molecule has 0 radical (unpaired) electrons. The van der Waals surface area contributed by atoms with Gasteiger partial charge < -0.3 is 15.7 Å². The van der Waals surface area contributed by atoms with Gasteiger partial charge in [-0.3, -0.25) is 4.79 Å². The predicted molar refractivity (Wildman–Crippen MR) is 150 cm³/mol. The van der Waals surface area contributed by atoms with Crippen molar-refractivity contribution in [2.75, 3.05) is 6.54 Å². The molecule has 0 unspecified atom stereocenters. The summed E-state index contributed by atoms with van der Waals surface area (Å²) in [6, 6.07) is 23.7. The quantitative estimate of drug-likeness (QED) is 0.212. The molecule has 0 fully saturated rings. The van der Waals surface area contributed by atoms with Gasteiger partial charge in [0.05, 0.1) is 12.1 Å². The maximum Gasteiger partial charge on any atom is 0.251 e. The van der Waals surface area contributed by atoms with Crippen LogP contribution in [0.15, 0.2) is 91.0 Å². The van der Waals surface area contributed by atoms with Crippen LogP contribution in [0.5, 0.6) is 0 Å². The average Bonchev–Trinajstić information content (AvgIpc) is 2.93. The fraction of sp³-hybridized carbons (Fsp3) is 0.242. The minimum Gasteiger partial charge on any atom is -0.390 e. The van der Waals surface area contributed by atoms with Gasteiger partial charge in [0.15, 0.2) is 0 Å². The lowest BCUT2D eigenvalue weighted by Crippen LogP contribution is -2.48. The van der Waals surface area contributed by atoms with Crippen molar-refractivity contribution in [3.63, 3.8) is 0 Å². The first-order valence-electron chi connectivity index (χ1n) is 13.4. The fourth-order valence-corrected chi connectivity index (χ4v) is 4.67. The second kappa shape index (κ2) is 13.9. The molecule has 0 aliphatic heterocycles. The molecule has 0 heterocycles. The van der Waals surface area contributed by atoms with Crippen LogP contribution in [0.4, 0.5) is 13.2 Å². The van der Waals surface area contributed by atoms with Gasteiger partial charge in [-0.25, -0.2) is 13.2 Å². The summed E-state index contributed by atoms with van der Waals surface area (Å²) >= 11 is 0. The van der Waals surface area contributed by atoms with Gasteiger partial charge in [0.2, 0.25) is 0 Å². The fourth-order valence-electron chi connectivity index (χ4n) is 4.67. The Bertz CT molecular complexity index is 1420. The Morgan fingerprint density at radius 1 is 0.800 bits per heavy atom. The Hall–Kier alpha value is -3.94. The number of halogens is 3. The van der Waals surface area contributed by atoms with Gasteiger partial charge in [-0.2, -0.15) is 0 Å². The van der Waals surface area contributed by atoms with E-state index in [1.807, 2.05) is 24.3 Å². The molecular formula is C33H33F3N2O2. The van der Waals surface area contributed by atoms with Crippen LogP contribution in [-0.2, 0) is 25.8 Å². The summed E-state index contributed by atoms with van der Waals surface area (Å²) in [7, 11) is 0. The molecule has 0 bridgehead atoms. The number of rotatable bonds is 12. The largest absolute Gasteiger partial charge is 0.390 e. The van der Waals surface area contributed by atoms with Crippen molar-refractivity contribution in [1.82, 2.24) is 10.6 Å². The third-order valence-electron chi connectivity index (χ3n) is 6.78. The first-order valence-corrected chi connectivity index (χ1v) is 13.4. The lowest BCUT2D eigenvalue weighted by molar-refractivity contribution is 0.0829. The maximum absolute atomic E-state index is 14.1. The molecule has 0 aliphatic rings. The molecule has 0 aromatic heterocycles. The normalized spacial score (nSPS) is 12.6. The van der Waals surface area contributed by atoms with Crippen molar-refractivity contribution in [2.45, 2.75) is 44.9 Å². The number of aliphatic hydroxyl groups excluding tert-OH is 1. The van der Waals surface area contributed by atoms with Gasteiger partial charge in [0.25, 0.3) is 5.91 Å². The van der Waals surface area contributed by atoms with E-state index in [-0.39, 0.29) is 18.8 Å². The van der Waals surface area contributed by atoms with E-state index in [2.05, 4.69) is 23.6 Å². The lowest BCUT2D eigenvalue weighted by Gasteiger charge is -2.25. The second-order valence-electron chi connectivity index (χ2n) is 9.90. The molecule has 7 heteroatoms. The van der Waals surface area contributed by atoms with Crippen LogP contribution in [0, 0.1) is 17.5 Å². The number of carbonyl (C=O) groups excluding carboxylic acids is 1. The highest BCUT2D eigenvalue weighted by Gasteiger charge is 2.23. The molecule has 40 heavy (non-hydrogen) atoms.